The van der Waals surface area contributed by atoms with Gasteiger partial charge < -0.3 is 10.6 Å². The van der Waals surface area contributed by atoms with Gasteiger partial charge >= 0.3 is 0 Å². The zero-order valence-electron chi connectivity index (χ0n) is 16.5. The average Bonchev–Trinajstić information content (AvgIpc) is 3.23. The van der Waals surface area contributed by atoms with Crippen LogP contribution in [0.1, 0.15) is 56.2 Å². The lowest BCUT2D eigenvalue weighted by molar-refractivity contribution is -0.147. The highest BCUT2D eigenvalue weighted by atomic mass is 127. The molecule has 1 aromatic rings. The standard InChI is InChI=1S/C20H30N4O2S.HI/c1-21-19(22-12-13-24-17(25)8-5-9-18(24)26)23-15-20(10-3-2-4-11-20)16-7-6-14-27-16;/h6-7,14H,2-5,8-13,15H2,1H3,(H2,21,22,23);1H. The molecular weight excluding hydrogens is 487 g/mol. The van der Waals surface area contributed by atoms with Crippen molar-refractivity contribution in [1.29, 1.82) is 0 Å². The van der Waals surface area contributed by atoms with Gasteiger partial charge in [-0.3, -0.25) is 19.5 Å². The first kappa shape index (κ1) is 23.1. The molecule has 0 aromatic carbocycles. The molecule has 156 valence electrons. The predicted molar refractivity (Wildman–Crippen MR) is 124 cm³/mol. The topological polar surface area (TPSA) is 73.8 Å². The van der Waals surface area contributed by atoms with Gasteiger partial charge in [0.1, 0.15) is 0 Å². The fraction of sp³-hybridized carbons (Fsp3) is 0.650. The van der Waals surface area contributed by atoms with Crippen molar-refractivity contribution in [2.75, 3.05) is 26.7 Å². The summed E-state index contributed by atoms with van der Waals surface area (Å²) in [5, 5.41) is 8.90. The quantitative estimate of drug-likeness (QED) is 0.263. The van der Waals surface area contributed by atoms with Gasteiger partial charge in [0.05, 0.1) is 0 Å². The Hall–Kier alpha value is -1.16. The summed E-state index contributed by atoms with van der Waals surface area (Å²) in [6, 6.07) is 4.39. The number of thiophene rings is 1. The van der Waals surface area contributed by atoms with Gasteiger partial charge in [-0.05, 0) is 30.7 Å². The Morgan fingerprint density at radius 2 is 1.86 bits per heavy atom. The molecular formula is C20H31IN4O2S. The lowest BCUT2D eigenvalue weighted by Crippen LogP contribution is -2.49. The molecule has 2 fully saturated rings. The van der Waals surface area contributed by atoms with Crippen LogP contribution in [0.5, 0.6) is 0 Å². The van der Waals surface area contributed by atoms with Crippen molar-refractivity contribution >= 4 is 53.1 Å². The Bertz CT molecular complexity index is 656. The Labute approximate surface area is 188 Å². The first-order valence-corrected chi connectivity index (χ1v) is 10.8. The maximum absolute atomic E-state index is 11.9. The summed E-state index contributed by atoms with van der Waals surface area (Å²) in [5.41, 5.74) is 0.183. The van der Waals surface area contributed by atoms with Crippen molar-refractivity contribution in [3.05, 3.63) is 22.4 Å². The van der Waals surface area contributed by atoms with Crippen LogP contribution in [0.2, 0.25) is 0 Å². The van der Waals surface area contributed by atoms with Gasteiger partial charge in [-0.1, -0.05) is 25.3 Å². The number of nitrogens with one attached hydrogen (secondary N) is 2. The van der Waals surface area contributed by atoms with Crippen LogP contribution in [0.3, 0.4) is 0 Å². The molecule has 1 aliphatic carbocycles. The number of carbonyl (C=O) groups excluding carboxylic acids is 2. The number of likely N-dealkylation sites (tertiary alicyclic amines) is 1. The molecule has 0 radical (unpaired) electrons. The lowest BCUT2D eigenvalue weighted by Gasteiger charge is -2.37. The van der Waals surface area contributed by atoms with E-state index in [0.29, 0.717) is 32.4 Å². The van der Waals surface area contributed by atoms with Gasteiger partial charge in [0, 0.05) is 49.8 Å². The molecule has 1 aliphatic heterocycles. The number of imide groups is 1. The lowest BCUT2D eigenvalue weighted by atomic mass is 9.73. The first-order chi connectivity index (χ1) is 13.1. The van der Waals surface area contributed by atoms with Gasteiger partial charge in [-0.25, -0.2) is 0 Å². The summed E-state index contributed by atoms with van der Waals surface area (Å²) in [4.78, 5) is 30.9. The van der Waals surface area contributed by atoms with E-state index in [9.17, 15) is 9.59 Å². The van der Waals surface area contributed by atoms with Crippen molar-refractivity contribution in [2.45, 2.75) is 56.8 Å². The summed E-state index contributed by atoms with van der Waals surface area (Å²) in [5.74, 6) is 0.609. The van der Waals surface area contributed by atoms with E-state index in [1.165, 1.54) is 41.9 Å². The van der Waals surface area contributed by atoms with Gasteiger partial charge in [-0.2, -0.15) is 0 Å². The number of halogens is 1. The Kier molecular flexibility index (Phi) is 9.20. The number of aliphatic imine (C=N–C) groups is 1. The second kappa shape index (κ2) is 11.1. The van der Waals surface area contributed by atoms with Crippen molar-refractivity contribution in [1.82, 2.24) is 15.5 Å². The van der Waals surface area contributed by atoms with Crippen LogP contribution in [0.15, 0.2) is 22.5 Å². The van der Waals surface area contributed by atoms with Crippen LogP contribution in [0.25, 0.3) is 0 Å². The maximum Gasteiger partial charge on any atom is 0.229 e. The molecule has 0 atom stereocenters. The first-order valence-electron chi connectivity index (χ1n) is 9.96. The van der Waals surface area contributed by atoms with Gasteiger partial charge in [-0.15, -0.1) is 35.3 Å². The predicted octanol–water partition coefficient (Wildman–Crippen LogP) is 3.27. The highest BCUT2D eigenvalue weighted by molar-refractivity contribution is 14.0. The average molecular weight is 518 g/mol. The number of nitrogens with zero attached hydrogens (tertiary/aromatic N) is 2. The third-order valence-corrected chi connectivity index (χ3v) is 6.80. The van der Waals surface area contributed by atoms with E-state index in [-0.39, 0.29) is 41.2 Å². The molecule has 0 spiro atoms. The number of amides is 2. The van der Waals surface area contributed by atoms with E-state index in [1.807, 2.05) is 11.3 Å². The molecule has 0 unspecified atom stereocenters. The van der Waals surface area contributed by atoms with Gasteiger partial charge in [0.25, 0.3) is 0 Å². The van der Waals surface area contributed by atoms with E-state index in [0.717, 1.165) is 12.5 Å². The van der Waals surface area contributed by atoms with E-state index >= 15 is 0 Å². The number of rotatable bonds is 6. The third kappa shape index (κ3) is 5.68. The smallest absolute Gasteiger partial charge is 0.229 e. The second-order valence-electron chi connectivity index (χ2n) is 7.46. The molecule has 0 bridgehead atoms. The highest BCUT2D eigenvalue weighted by Gasteiger charge is 2.35. The van der Waals surface area contributed by atoms with E-state index in [4.69, 9.17) is 0 Å². The molecule has 6 nitrogen and oxygen atoms in total. The van der Waals surface area contributed by atoms with Gasteiger partial charge in [0.2, 0.25) is 11.8 Å². The van der Waals surface area contributed by atoms with Crippen LogP contribution in [-0.2, 0) is 15.0 Å². The molecule has 2 amide bonds. The van der Waals surface area contributed by atoms with Crippen LogP contribution in [0, 0.1) is 0 Å². The summed E-state index contributed by atoms with van der Waals surface area (Å²) < 4.78 is 0. The Morgan fingerprint density at radius 3 is 2.46 bits per heavy atom. The summed E-state index contributed by atoms with van der Waals surface area (Å²) in [7, 11) is 1.76. The van der Waals surface area contributed by atoms with Crippen LogP contribution in [0.4, 0.5) is 0 Å². The van der Waals surface area contributed by atoms with Crippen LogP contribution in [-0.4, -0.2) is 49.4 Å². The summed E-state index contributed by atoms with van der Waals surface area (Å²) >= 11 is 1.84. The largest absolute Gasteiger partial charge is 0.355 e. The minimum absolute atomic E-state index is 0. The molecule has 1 aromatic heterocycles. The zero-order chi connectivity index (χ0) is 19.1. The van der Waals surface area contributed by atoms with Crippen molar-refractivity contribution < 1.29 is 9.59 Å². The number of hydrogen-bond donors (Lipinski definition) is 2. The van der Waals surface area contributed by atoms with Crippen LogP contribution >= 0.6 is 35.3 Å². The summed E-state index contributed by atoms with van der Waals surface area (Å²) in [6.45, 7) is 1.77. The molecule has 3 rings (SSSR count). The molecule has 2 aliphatic rings. The molecule has 1 saturated carbocycles. The van der Waals surface area contributed by atoms with Crippen molar-refractivity contribution in [3.63, 3.8) is 0 Å². The SMILES string of the molecule is CN=C(NCCN1C(=O)CCCC1=O)NCC1(c2cccs2)CCCCC1.I. The minimum atomic E-state index is -0.0603. The highest BCUT2D eigenvalue weighted by Crippen LogP contribution is 2.41. The van der Waals surface area contributed by atoms with E-state index in [1.54, 1.807) is 7.05 Å². The normalized spacial score (nSPS) is 19.9. The monoisotopic (exact) mass is 518 g/mol. The number of piperidine rings is 1. The van der Waals surface area contributed by atoms with Crippen molar-refractivity contribution in [2.24, 2.45) is 4.99 Å². The van der Waals surface area contributed by atoms with E-state index in [2.05, 4.69) is 33.1 Å². The number of hydrogen-bond acceptors (Lipinski definition) is 4. The molecule has 2 heterocycles. The maximum atomic E-state index is 11.9. The molecule has 28 heavy (non-hydrogen) atoms. The fourth-order valence-electron chi connectivity index (χ4n) is 4.13. The minimum Gasteiger partial charge on any atom is -0.355 e. The van der Waals surface area contributed by atoms with Crippen molar-refractivity contribution in [3.8, 4) is 0 Å². The Balaban J connectivity index is 0.00000280. The number of guanidine groups is 1. The third-order valence-electron chi connectivity index (χ3n) is 5.68. The van der Waals surface area contributed by atoms with Crippen LogP contribution < -0.4 is 10.6 Å². The van der Waals surface area contributed by atoms with E-state index < -0.39 is 0 Å². The second-order valence-corrected chi connectivity index (χ2v) is 8.41. The summed E-state index contributed by atoms with van der Waals surface area (Å²) in [6.07, 6.45) is 7.88. The number of carbonyl (C=O) groups is 2. The molecule has 1 saturated heterocycles. The Morgan fingerprint density at radius 1 is 1.14 bits per heavy atom. The molecule has 2 N–H and O–H groups in total. The molecule has 8 heteroatoms. The zero-order valence-corrected chi connectivity index (χ0v) is 19.7. The van der Waals surface area contributed by atoms with Gasteiger partial charge in [0.15, 0.2) is 5.96 Å². The fourth-order valence-corrected chi connectivity index (χ4v) is 5.12.